The summed E-state index contributed by atoms with van der Waals surface area (Å²) in [5, 5.41) is 23.9. The minimum absolute atomic E-state index is 0.0321. The van der Waals surface area contributed by atoms with Crippen molar-refractivity contribution in [2.24, 2.45) is 0 Å². The molecule has 1 amide bonds. The number of aromatic amines is 1. The van der Waals surface area contributed by atoms with Gasteiger partial charge in [0.1, 0.15) is 12.7 Å². The second kappa shape index (κ2) is 9.86. The Kier molecular flexibility index (Phi) is 6.74. The SMILES string of the molecule is O=C1OCC(C=CC(O)C(F)(F)c2ccccc2)N1CCc1ccccc1Cc1nnn[nH]1. The van der Waals surface area contributed by atoms with Crippen LogP contribution in [-0.2, 0) is 23.5 Å². The molecule has 0 aliphatic carbocycles. The van der Waals surface area contributed by atoms with Crippen LogP contribution in [0.2, 0.25) is 0 Å². The largest absolute Gasteiger partial charge is 0.447 e. The minimum atomic E-state index is -3.46. The first-order valence-electron chi connectivity index (χ1n) is 10.5. The van der Waals surface area contributed by atoms with Gasteiger partial charge < -0.3 is 9.84 Å². The Balaban J connectivity index is 1.42. The number of benzene rings is 2. The monoisotopic (exact) mass is 455 g/mol. The molecule has 4 rings (SSSR count). The number of nitrogens with zero attached hydrogens (tertiary/aromatic N) is 4. The second-order valence-corrected chi connectivity index (χ2v) is 7.70. The van der Waals surface area contributed by atoms with Crippen LogP contribution >= 0.6 is 0 Å². The lowest BCUT2D eigenvalue weighted by Gasteiger charge is -2.22. The predicted molar refractivity (Wildman–Crippen MR) is 114 cm³/mol. The fourth-order valence-electron chi connectivity index (χ4n) is 3.72. The molecule has 1 aliphatic rings. The van der Waals surface area contributed by atoms with Crippen molar-refractivity contribution in [3.63, 3.8) is 0 Å². The Labute approximate surface area is 188 Å². The van der Waals surface area contributed by atoms with Crippen molar-refractivity contribution in [1.82, 2.24) is 25.5 Å². The first-order chi connectivity index (χ1) is 15.9. The number of hydrogen-bond donors (Lipinski definition) is 2. The van der Waals surface area contributed by atoms with E-state index in [-0.39, 0.29) is 12.2 Å². The molecule has 0 radical (unpaired) electrons. The van der Waals surface area contributed by atoms with E-state index in [4.69, 9.17) is 4.74 Å². The molecule has 1 aromatic heterocycles. The van der Waals surface area contributed by atoms with Crippen LogP contribution in [0.5, 0.6) is 0 Å². The normalized spacial score (nSPS) is 17.5. The average Bonchev–Trinajstić information content (AvgIpc) is 3.47. The number of ether oxygens (including phenoxy) is 1. The highest BCUT2D eigenvalue weighted by atomic mass is 19.3. The lowest BCUT2D eigenvalue weighted by Crippen LogP contribution is -2.35. The third-order valence-electron chi connectivity index (χ3n) is 5.55. The topological polar surface area (TPSA) is 104 Å². The quantitative estimate of drug-likeness (QED) is 0.481. The number of amides is 1. The number of aliphatic hydroxyl groups excluding tert-OH is 1. The summed E-state index contributed by atoms with van der Waals surface area (Å²) in [4.78, 5) is 13.7. The van der Waals surface area contributed by atoms with Crippen LogP contribution in [0.3, 0.4) is 0 Å². The van der Waals surface area contributed by atoms with E-state index in [0.717, 1.165) is 17.2 Å². The number of cyclic esters (lactones) is 1. The van der Waals surface area contributed by atoms with Gasteiger partial charge in [0.2, 0.25) is 0 Å². The number of hydrogen-bond acceptors (Lipinski definition) is 6. The van der Waals surface area contributed by atoms with Crippen LogP contribution < -0.4 is 0 Å². The van der Waals surface area contributed by atoms with Gasteiger partial charge in [0.25, 0.3) is 0 Å². The zero-order valence-corrected chi connectivity index (χ0v) is 17.6. The third kappa shape index (κ3) is 5.23. The van der Waals surface area contributed by atoms with Gasteiger partial charge in [-0.1, -0.05) is 66.7 Å². The maximum absolute atomic E-state index is 14.5. The number of alkyl halides is 2. The Morgan fingerprint density at radius 2 is 1.91 bits per heavy atom. The number of tetrazole rings is 1. The molecule has 10 heteroatoms. The van der Waals surface area contributed by atoms with Crippen molar-refractivity contribution in [2.75, 3.05) is 13.2 Å². The average molecular weight is 455 g/mol. The highest BCUT2D eigenvalue weighted by molar-refractivity contribution is 5.70. The first kappa shape index (κ1) is 22.5. The molecule has 3 aromatic rings. The molecule has 8 nitrogen and oxygen atoms in total. The zero-order valence-electron chi connectivity index (χ0n) is 17.6. The van der Waals surface area contributed by atoms with Crippen molar-refractivity contribution >= 4 is 6.09 Å². The molecule has 2 heterocycles. The van der Waals surface area contributed by atoms with E-state index in [0.29, 0.717) is 25.2 Å². The molecule has 2 atom stereocenters. The molecule has 172 valence electrons. The molecule has 0 saturated carbocycles. The number of aliphatic hydroxyl groups is 1. The van der Waals surface area contributed by atoms with Crippen LogP contribution in [0.4, 0.5) is 13.6 Å². The van der Waals surface area contributed by atoms with Gasteiger partial charge in [0, 0.05) is 18.5 Å². The van der Waals surface area contributed by atoms with Gasteiger partial charge in [-0.2, -0.15) is 8.78 Å². The first-order valence-corrected chi connectivity index (χ1v) is 10.5. The molecule has 2 N–H and O–H groups in total. The number of aromatic nitrogens is 4. The van der Waals surface area contributed by atoms with Crippen LogP contribution in [0.1, 0.15) is 22.5 Å². The molecule has 1 saturated heterocycles. The molecule has 0 spiro atoms. The van der Waals surface area contributed by atoms with E-state index in [2.05, 4.69) is 20.6 Å². The molecule has 1 fully saturated rings. The molecule has 2 unspecified atom stereocenters. The predicted octanol–water partition coefficient (Wildman–Crippen LogP) is 2.86. The number of halogens is 2. The number of H-pyrrole nitrogens is 1. The summed E-state index contributed by atoms with van der Waals surface area (Å²) in [6, 6.07) is 14.3. The summed E-state index contributed by atoms with van der Waals surface area (Å²) in [6.07, 6.45) is 0.910. The molecular weight excluding hydrogens is 432 g/mol. The Morgan fingerprint density at radius 1 is 1.18 bits per heavy atom. The van der Waals surface area contributed by atoms with Gasteiger partial charge in [-0.25, -0.2) is 9.89 Å². The minimum Gasteiger partial charge on any atom is -0.447 e. The molecule has 0 bridgehead atoms. The standard InChI is InChI=1S/C23H23F2N5O3/c24-23(25,18-8-2-1-3-9-18)20(31)11-10-19-15-33-22(32)30(19)13-12-16-6-4-5-7-17(16)14-21-26-28-29-27-21/h1-11,19-20,31H,12-15H2,(H,26,27,28,29). The van der Waals surface area contributed by atoms with Crippen molar-refractivity contribution in [3.05, 3.63) is 89.3 Å². The number of carbonyl (C=O) groups is 1. The molecule has 1 aliphatic heterocycles. The van der Waals surface area contributed by atoms with Gasteiger partial charge >= 0.3 is 12.0 Å². The van der Waals surface area contributed by atoms with Crippen LogP contribution in [-0.4, -0.2) is 62.0 Å². The van der Waals surface area contributed by atoms with E-state index < -0.39 is 24.2 Å². The highest BCUT2D eigenvalue weighted by Gasteiger charge is 2.39. The fraction of sp³-hybridized carbons (Fsp3) is 0.304. The van der Waals surface area contributed by atoms with Crippen molar-refractivity contribution in [1.29, 1.82) is 0 Å². The highest BCUT2D eigenvalue weighted by Crippen LogP contribution is 2.32. The summed E-state index contributed by atoms with van der Waals surface area (Å²) in [5.74, 6) is -2.84. The summed E-state index contributed by atoms with van der Waals surface area (Å²) >= 11 is 0. The Morgan fingerprint density at radius 3 is 2.64 bits per heavy atom. The van der Waals surface area contributed by atoms with Crippen LogP contribution in [0, 0.1) is 0 Å². The van der Waals surface area contributed by atoms with Gasteiger partial charge in [0.15, 0.2) is 5.82 Å². The van der Waals surface area contributed by atoms with E-state index in [1.807, 2.05) is 24.3 Å². The maximum Gasteiger partial charge on any atom is 0.410 e. The fourth-order valence-corrected chi connectivity index (χ4v) is 3.72. The third-order valence-corrected chi connectivity index (χ3v) is 5.55. The van der Waals surface area contributed by atoms with Crippen molar-refractivity contribution in [3.8, 4) is 0 Å². The van der Waals surface area contributed by atoms with E-state index in [1.165, 1.54) is 35.2 Å². The van der Waals surface area contributed by atoms with E-state index >= 15 is 0 Å². The van der Waals surface area contributed by atoms with Crippen molar-refractivity contribution in [2.45, 2.75) is 30.9 Å². The number of carbonyl (C=O) groups excluding carboxylic acids is 1. The maximum atomic E-state index is 14.5. The van der Waals surface area contributed by atoms with Gasteiger partial charge in [-0.05, 0) is 28.0 Å². The van der Waals surface area contributed by atoms with E-state index in [9.17, 15) is 18.7 Å². The smallest absolute Gasteiger partial charge is 0.410 e. The Hall–Kier alpha value is -3.66. The second-order valence-electron chi connectivity index (χ2n) is 7.70. The molecule has 2 aromatic carbocycles. The molecule has 33 heavy (non-hydrogen) atoms. The van der Waals surface area contributed by atoms with Crippen LogP contribution in [0.25, 0.3) is 0 Å². The van der Waals surface area contributed by atoms with Gasteiger partial charge in [-0.3, -0.25) is 4.90 Å². The van der Waals surface area contributed by atoms with E-state index in [1.54, 1.807) is 6.07 Å². The van der Waals surface area contributed by atoms with Crippen LogP contribution in [0.15, 0.2) is 66.7 Å². The summed E-state index contributed by atoms with van der Waals surface area (Å²) in [7, 11) is 0. The lowest BCUT2D eigenvalue weighted by atomic mass is 10.0. The zero-order chi connectivity index (χ0) is 23.3. The Bertz CT molecular complexity index is 1090. The summed E-state index contributed by atoms with van der Waals surface area (Å²) in [5.41, 5.74) is 1.73. The molecular formula is C23H23F2N5O3. The summed E-state index contributed by atoms with van der Waals surface area (Å²) in [6.45, 7) is 0.356. The van der Waals surface area contributed by atoms with Gasteiger partial charge in [-0.15, -0.1) is 5.10 Å². The van der Waals surface area contributed by atoms with Gasteiger partial charge in [0.05, 0.1) is 6.04 Å². The van der Waals surface area contributed by atoms with Crippen molar-refractivity contribution < 1.29 is 23.4 Å². The lowest BCUT2D eigenvalue weighted by molar-refractivity contribution is -0.0929. The summed E-state index contributed by atoms with van der Waals surface area (Å²) < 4.78 is 34.2. The number of rotatable bonds is 9. The number of nitrogens with one attached hydrogen (secondary N) is 1.